The van der Waals surface area contributed by atoms with Gasteiger partial charge in [-0.3, -0.25) is 24.0 Å². The normalized spacial score (nSPS) is 16.8. The number of anilines is 1. The molecule has 2 N–H and O–H groups in total. The standard InChI is InChI=1S/C53H48N8O8S4/c1-52(2,3)68-51(65)57-49-55-39(30-70-49)41(59-69-53(36-24-14-7-15-25-36,37-26-16-8-17-27-37)38-28-18-9-19-29-38)45(62)56-42-46(63)61-43(40(31-73(66)47(42)61)71-33-72-50-58-54-32-60(50)4)48(64)67-44(34-20-10-5-11-21-34)35-22-12-6-13-23-35/h5-30,32,42,44,47H,31,33H2,1-4H3,(H,56,62)(H,55,57,65)/b59-41-/t42-,47-,73?/m1/s1. The van der Waals surface area contributed by atoms with E-state index in [1.807, 2.05) is 152 Å². The van der Waals surface area contributed by atoms with E-state index in [0.717, 1.165) is 11.3 Å². The average molecular weight is 1050 g/mol. The molecule has 1 unspecified atom stereocenters. The van der Waals surface area contributed by atoms with Crippen molar-refractivity contribution < 1.29 is 37.7 Å². The molecule has 0 bridgehead atoms. The van der Waals surface area contributed by atoms with E-state index in [1.165, 1.54) is 33.8 Å². The summed E-state index contributed by atoms with van der Waals surface area (Å²) < 4.78 is 28.0. The monoisotopic (exact) mass is 1050 g/mol. The largest absolute Gasteiger partial charge is 0.448 e. The SMILES string of the molecule is Cn1cnnc1SCSC1=C(C(=O)OC(c2ccccc2)c2ccccc2)N2C(=O)[C@@H](NC(=O)/C(=N\OC(c3ccccc3)(c3ccccc3)c3ccccc3)c3csc(NC(=O)OC(C)(C)C)n3)[C@H]2S(=O)C1. The minimum absolute atomic E-state index is 0.0128. The molecule has 0 spiro atoms. The van der Waals surface area contributed by atoms with Gasteiger partial charge in [0.15, 0.2) is 22.1 Å². The zero-order valence-corrected chi connectivity index (χ0v) is 43.1. The van der Waals surface area contributed by atoms with Crippen LogP contribution < -0.4 is 10.6 Å². The van der Waals surface area contributed by atoms with Gasteiger partial charge in [0.05, 0.1) is 21.6 Å². The van der Waals surface area contributed by atoms with Gasteiger partial charge in [-0.15, -0.1) is 33.3 Å². The number of nitrogens with zero attached hydrogens (tertiary/aromatic N) is 6. The lowest BCUT2D eigenvalue weighted by Crippen LogP contribution is -2.74. The molecule has 0 saturated carbocycles. The summed E-state index contributed by atoms with van der Waals surface area (Å²) in [5.74, 6) is -2.55. The number of hydrogen-bond donors (Lipinski definition) is 2. The summed E-state index contributed by atoms with van der Waals surface area (Å²) in [6, 6.07) is 45.2. The molecule has 3 amide bonds. The Morgan fingerprint density at radius 1 is 0.822 bits per heavy atom. The van der Waals surface area contributed by atoms with E-state index in [4.69, 9.17) is 14.3 Å². The summed E-state index contributed by atoms with van der Waals surface area (Å²) in [5, 5.41) is 19.5. The van der Waals surface area contributed by atoms with Crippen LogP contribution in [0.15, 0.2) is 184 Å². The van der Waals surface area contributed by atoms with E-state index in [9.17, 15) is 23.4 Å². The number of thiazole rings is 1. The second-order valence-corrected chi connectivity index (χ2v) is 22.3. The molecule has 3 atom stereocenters. The molecule has 9 rings (SSSR count). The van der Waals surface area contributed by atoms with Gasteiger partial charge >= 0.3 is 12.1 Å². The van der Waals surface area contributed by atoms with Crippen LogP contribution in [0.5, 0.6) is 0 Å². The lowest BCUT2D eigenvalue weighted by Gasteiger charge is -2.49. The van der Waals surface area contributed by atoms with Crippen molar-refractivity contribution in [2.24, 2.45) is 12.2 Å². The molecule has 1 fully saturated rings. The first-order chi connectivity index (χ1) is 35.3. The molecule has 2 aliphatic heterocycles. The zero-order chi connectivity index (χ0) is 51.1. The van der Waals surface area contributed by atoms with Gasteiger partial charge in [0, 0.05) is 34.0 Å². The lowest BCUT2D eigenvalue weighted by molar-refractivity contribution is -0.154. The molecule has 0 radical (unpaired) electrons. The maximum Gasteiger partial charge on any atom is 0.413 e. The van der Waals surface area contributed by atoms with Crippen molar-refractivity contribution in [3.8, 4) is 0 Å². The molecule has 2 aromatic heterocycles. The Bertz CT molecular complexity index is 3050. The number of β-lactam (4-membered cyclic amide) rings is 1. The van der Waals surface area contributed by atoms with Crippen LogP contribution in [0, 0.1) is 0 Å². The first-order valence-corrected chi connectivity index (χ1v) is 27.1. The van der Waals surface area contributed by atoms with Crippen LogP contribution in [0.1, 0.15) is 60.4 Å². The van der Waals surface area contributed by atoms with Crippen molar-refractivity contribution in [2.45, 2.75) is 54.6 Å². The number of oxime groups is 1. The second-order valence-electron chi connectivity index (χ2n) is 17.6. The Morgan fingerprint density at radius 3 is 1.89 bits per heavy atom. The van der Waals surface area contributed by atoms with Crippen LogP contribution in [-0.2, 0) is 52.1 Å². The Hall–Kier alpha value is -7.39. The lowest BCUT2D eigenvalue weighted by atomic mass is 9.80. The fourth-order valence-electron chi connectivity index (χ4n) is 8.18. The number of benzene rings is 5. The highest BCUT2D eigenvalue weighted by Crippen LogP contribution is 2.43. The topological polar surface area (TPSA) is 196 Å². The van der Waals surface area contributed by atoms with Gasteiger partial charge in [0.1, 0.15) is 34.7 Å². The molecule has 16 nitrogen and oxygen atoms in total. The number of thioether (sulfide) groups is 2. The van der Waals surface area contributed by atoms with Crippen LogP contribution in [-0.4, -0.2) is 86.3 Å². The van der Waals surface area contributed by atoms with Crippen molar-refractivity contribution in [3.05, 3.63) is 207 Å². The van der Waals surface area contributed by atoms with Gasteiger partial charge in [-0.25, -0.2) is 14.6 Å². The number of esters is 1. The molecule has 4 heterocycles. The van der Waals surface area contributed by atoms with Gasteiger partial charge in [-0.1, -0.05) is 169 Å². The summed E-state index contributed by atoms with van der Waals surface area (Å²) >= 11 is 3.60. The number of fused-ring (bicyclic) bond motifs is 1. The third-order valence-electron chi connectivity index (χ3n) is 11.5. The van der Waals surface area contributed by atoms with Crippen molar-refractivity contribution >= 4 is 80.4 Å². The fourth-order valence-corrected chi connectivity index (χ4v) is 12.9. The summed E-state index contributed by atoms with van der Waals surface area (Å²) in [4.78, 5) is 70.2. The molecule has 1 saturated heterocycles. The third kappa shape index (κ3) is 11.2. The molecular weight excluding hydrogens is 1000 g/mol. The number of carbonyl (C=O) groups is 4. The van der Waals surface area contributed by atoms with E-state index in [-0.39, 0.29) is 28.0 Å². The molecule has 5 aromatic carbocycles. The Balaban J connectivity index is 1.07. The van der Waals surface area contributed by atoms with Crippen molar-refractivity contribution in [1.82, 2.24) is 30.0 Å². The molecule has 372 valence electrons. The maximum atomic E-state index is 15.0. The van der Waals surface area contributed by atoms with Gasteiger partial charge in [0.25, 0.3) is 11.8 Å². The maximum absolute atomic E-state index is 15.0. The minimum Gasteiger partial charge on any atom is -0.448 e. The number of hydrogen-bond acceptors (Lipinski definition) is 15. The Morgan fingerprint density at radius 2 is 1.37 bits per heavy atom. The summed E-state index contributed by atoms with van der Waals surface area (Å²) in [5.41, 5.74) is 0.734. The minimum atomic E-state index is -1.84. The summed E-state index contributed by atoms with van der Waals surface area (Å²) in [7, 11) is -0.0339. The smallest absolute Gasteiger partial charge is 0.413 e. The predicted molar refractivity (Wildman–Crippen MR) is 282 cm³/mol. The first-order valence-electron chi connectivity index (χ1n) is 22.8. The average Bonchev–Trinajstić information content (AvgIpc) is 4.04. The number of nitrogens with one attached hydrogen (secondary N) is 2. The van der Waals surface area contributed by atoms with E-state index in [1.54, 1.807) is 38.7 Å². The number of aromatic nitrogens is 4. The molecule has 2 aliphatic rings. The van der Waals surface area contributed by atoms with E-state index >= 15 is 0 Å². The number of ether oxygens (including phenoxy) is 2. The number of rotatable bonds is 17. The molecule has 0 aliphatic carbocycles. The van der Waals surface area contributed by atoms with Crippen molar-refractivity contribution in [1.29, 1.82) is 0 Å². The molecular formula is C53H48N8O8S4. The van der Waals surface area contributed by atoms with E-state index < -0.39 is 63.4 Å². The van der Waals surface area contributed by atoms with Gasteiger partial charge in [0.2, 0.25) is 5.60 Å². The second kappa shape index (κ2) is 22.2. The van der Waals surface area contributed by atoms with Crippen LogP contribution in [0.25, 0.3) is 0 Å². The highest BCUT2D eigenvalue weighted by molar-refractivity contribution is 8.18. The number of aryl methyl sites for hydroxylation is 1. The molecule has 20 heteroatoms. The third-order valence-corrected chi connectivity index (χ3v) is 16.3. The number of amides is 3. The fraction of sp³-hybridized carbons (Fsp3) is 0.208. The van der Waals surface area contributed by atoms with Crippen molar-refractivity contribution in [2.75, 3.05) is 16.2 Å². The van der Waals surface area contributed by atoms with Crippen LogP contribution >= 0.6 is 34.9 Å². The molecule has 73 heavy (non-hydrogen) atoms. The van der Waals surface area contributed by atoms with E-state index in [0.29, 0.717) is 43.0 Å². The highest BCUT2D eigenvalue weighted by atomic mass is 32.2. The highest BCUT2D eigenvalue weighted by Gasteiger charge is 2.58. The Kier molecular flexibility index (Phi) is 15.3. The van der Waals surface area contributed by atoms with E-state index in [2.05, 4.69) is 31.0 Å². The predicted octanol–water partition coefficient (Wildman–Crippen LogP) is 8.77. The summed E-state index contributed by atoms with van der Waals surface area (Å²) in [6.07, 6.45) is -0.0611. The first kappa shape index (κ1) is 50.5. The van der Waals surface area contributed by atoms with Gasteiger partial charge in [-0.2, -0.15) is 0 Å². The van der Waals surface area contributed by atoms with Crippen molar-refractivity contribution in [3.63, 3.8) is 0 Å². The van der Waals surface area contributed by atoms with Gasteiger partial charge in [-0.05, 0) is 31.9 Å². The zero-order valence-electron chi connectivity index (χ0n) is 39.8. The Labute approximate surface area is 436 Å². The quantitative estimate of drug-likeness (QED) is 0.0167. The molecule has 7 aromatic rings. The van der Waals surface area contributed by atoms with Crippen LogP contribution in [0.3, 0.4) is 0 Å². The van der Waals surface area contributed by atoms with Gasteiger partial charge < -0.3 is 24.2 Å². The summed E-state index contributed by atoms with van der Waals surface area (Å²) in [6.45, 7) is 5.17. The van der Waals surface area contributed by atoms with Crippen LogP contribution in [0.2, 0.25) is 0 Å². The van der Waals surface area contributed by atoms with Crippen LogP contribution in [0.4, 0.5) is 9.93 Å². The number of carbonyl (C=O) groups excluding carboxylic acids is 4.